The van der Waals surface area contributed by atoms with Gasteiger partial charge in [-0.15, -0.1) is 0 Å². The molecule has 0 spiro atoms. The van der Waals surface area contributed by atoms with E-state index in [1.165, 1.54) is 19.2 Å². The number of aryl methyl sites for hydroxylation is 1. The molecule has 0 aliphatic heterocycles. The lowest BCUT2D eigenvalue weighted by molar-refractivity contribution is 0.0935. The summed E-state index contributed by atoms with van der Waals surface area (Å²) in [5.41, 5.74) is 3.70. The highest BCUT2D eigenvalue weighted by molar-refractivity contribution is 6.00. The van der Waals surface area contributed by atoms with Gasteiger partial charge >= 0.3 is 0 Å². The number of carbonyl (C=O) groups is 4. The minimum absolute atomic E-state index is 0.0795. The van der Waals surface area contributed by atoms with Crippen LogP contribution in [0.4, 0.5) is 0 Å². The number of amides is 4. The summed E-state index contributed by atoms with van der Waals surface area (Å²) in [4.78, 5) is 57.0. The molecule has 2 heterocycles. The van der Waals surface area contributed by atoms with Crippen LogP contribution in [0.5, 0.6) is 11.5 Å². The van der Waals surface area contributed by atoms with Gasteiger partial charge < -0.3 is 40.7 Å². The van der Waals surface area contributed by atoms with E-state index < -0.39 is 23.8 Å². The summed E-state index contributed by atoms with van der Waals surface area (Å²) in [6.45, 7) is 8.26. The molecule has 0 saturated heterocycles. The van der Waals surface area contributed by atoms with Gasteiger partial charge in [0.15, 0.2) is 11.5 Å². The largest absolute Gasteiger partial charge is 0.484 e. The maximum Gasteiger partial charge on any atom is 0.271 e. The van der Waals surface area contributed by atoms with Crippen molar-refractivity contribution in [2.75, 3.05) is 26.7 Å². The van der Waals surface area contributed by atoms with Crippen molar-refractivity contribution in [2.24, 2.45) is 0 Å². The molecule has 0 fully saturated rings. The highest BCUT2D eigenvalue weighted by atomic mass is 16.5. The Morgan fingerprint density at radius 2 is 1.37 bits per heavy atom. The molecule has 256 valence electrons. The Balaban J connectivity index is 1.36. The monoisotopic (exact) mass is 667 g/mol. The quantitative estimate of drug-likeness (QED) is 0.101. The first-order valence-corrected chi connectivity index (χ1v) is 16.0. The smallest absolute Gasteiger partial charge is 0.271 e. The van der Waals surface area contributed by atoms with Gasteiger partial charge in [-0.2, -0.15) is 5.26 Å². The fourth-order valence-electron chi connectivity index (χ4n) is 5.11. The molecular formula is C36H41N7O6. The molecule has 0 aliphatic carbocycles. The van der Waals surface area contributed by atoms with Gasteiger partial charge in [-0.05, 0) is 62.9 Å². The molecule has 2 aromatic heterocycles. The van der Waals surface area contributed by atoms with E-state index in [0.717, 1.165) is 16.7 Å². The van der Waals surface area contributed by atoms with Gasteiger partial charge in [-0.25, -0.2) is 0 Å². The van der Waals surface area contributed by atoms with E-state index in [2.05, 4.69) is 37.3 Å². The fourth-order valence-corrected chi connectivity index (χ4v) is 5.11. The van der Waals surface area contributed by atoms with Crippen molar-refractivity contribution in [3.05, 3.63) is 106 Å². The Morgan fingerprint density at radius 3 is 1.98 bits per heavy atom. The Hall–Kier alpha value is -6.03. The molecule has 0 saturated carbocycles. The summed E-state index contributed by atoms with van der Waals surface area (Å²) in [5, 5.41) is 20.0. The molecule has 13 nitrogen and oxygen atoms in total. The Labute approximate surface area is 284 Å². The van der Waals surface area contributed by atoms with Gasteiger partial charge in [0.2, 0.25) is 0 Å². The summed E-state index contributed by atoms with van der Waals surface area (Å²) >= 11 is 0. The molecule has 2 unspecified atom stereocenters. The van der Waals surface area contributed by atoms with E-state index in [4.69, 9.17) is 9.47 Å². The second-order valence-corrected chi connectivity index (χ2v) is 11.3. The minimum Gasteiger partial charge on any atom is -0.484 e. The molecule has 2 aromatic carbocycles. The number of benzene rings is 2. The zero-order valence-electron chi connectivity index (χ0n) is 28.2. The zero-order valence-corrected chi connectivity index (χ0v) is 28.2. The Bertz CT molecular complexity index is 1850. The normalized spacial score (nSPS) is 11.8. The average molecular weight is 668 g/mol. The first-order valence-electron chi connectivity index (χ1n) is 16.0. The third kappa shape index (κ3) is 9.07. The maximum atomic E-state index is 13.2. The van der Waals surface area contributed by atoms with Crippen molar-refractivity contribution in [2.45, 2.75) is 46.3 Å². The van der Waals surface area contributed by atoms with E-state index >= 15 is 0 Å². The number of nitriles is 1. The maximum absolute atomic E-state index is 13.2. The van der Waals surface area contributed by atoms with Gasteiger partial charge in [0.1, 0.15) is 35.0 Å². The Morgan fingerprint density at radius 1 is 0.776 bits per heavy atom. The van der Waals surface area contributed by atoms with Crippen LogP contribution >= 0.6 is 0 Å². The fraction of sp³-hybridized carbons (Fsp3) is 0.306. The van der Waals surface area contributed by atoms with Crippen LogP contribution in [0, 0.1) is 18.3 Å². The highest BCUT2D eigenvalue weighted by Crippen LogP contribution is 2.29. The van der Waals surface area contributed by atoms with Gasteiger partial charge in [-0.1, -0.05) is 36.4 Å². The van der Waals surface area contributed by atoms with Crippen LogP contribution in [0.15, 0.2) is 60.7 Å². The number of nitrogens with one attached hydrogen (secondary N) is 6. The molecule has 0 bridgehead atoms. The van der Waals surface area contributed by atoms with Gasteiger partial charge in [-0.3, -0.25) is 19.2 Å². The van der Waals surface area contributed by atoms with Crippen LogP contribution in [-0.2, 0) is 0 Å². The second kappa shape index (κ2) is 16.7. The molecule has 2 atom stereocenters. The van der Waals surface area contributed by atoms with Crippen LogP contribution in [0.1, 0.15) is 104 Å². The third-order valence-corrected chi connectivity index (χ3v) is 7.71. The van der Waals surface area contributed by atoms with E-state index in [9.17, 15) is 24.4 Å². The van der Waals surface area contributed by atoms with Gasteiger partial charge in [0.05, 0.1) is 11.6 Å². The average Bonchev–Trinajstić information content (AvgIpc) is 3.72. The lowest BCUT2D eigenvalue weighted by Gasteiger charge is -2.17. The molecule has 4 aromatic rings. The third-order valence-electron chi connectivity index (χ3n) is 7.71. The summed E-state index contributed by atoms with van der Waals surface area (Å²) in [5.74, 6) is -1.35. The van der Waals surface area contributed by atoms with Crippen molar-refractivity contribution in [3.63, 3.8) is 0 Å². The predicted molar refractivity (Wildman–Crippen MR) is 183 cm³/mol. The lowest BCUT2D eigenvalue weighted by Crippen LogP contribution is -2.30. The number of ether oxygens (including phenoxy) is 2. The first kappa shape index (κ1) is 35.8. The summed E-state index contributed by atoms with van der Waals surface area (Å²) in [7, 11) is 1.47. The summed E-state index contributed by atoms with van der Waals surface area (Å²) in [6.07, 6.45) is -0.516. The second-order valence-electron chi connectivity index (χ2n) is 11.3. The predicted octanol–water partition coefficient (Wildman–Crippen LogP) is 4.46. The number of aromatic nitrogens is 2. The molecular weight excluding hydrogens is 626 g/mol. The molecule has 4 amide bonds. The SMILES string of the molecule is CCNC(=O)c1cc(OC(C)c2ccccc2C)c(C(=O)NCCCNC(=O)c2cc(OC(C)c3cccc(C#N)c3)c(C(=O)NC)[nH]2)[nH]1. The van der Waals surface area contributed by atoms with Crippen molar-refractivity contribution in [3.8, 4) is 17.6 Å². The van der Waals surface area contributed by atoms with E-state index in [0.29, 0.717) is 18.5 Å². The topological polar surface area (TPSA) is 190 Å². The molecule has 0 radical (unpaired) electrons. The summed E-state index contributed by atoms with van der Waals surface area (Å²) < 4.78 is 12.2. The standard InChI is InChI=1S/C36H41N7O6/c1-6-39-33(44)27-18-30(49-23(4)26-14-8-7-11-21(26)2)32(43-27)36(47)41-16-10-15-40-34(45)28-19-29(31(42-28)35(46)38-5)48-22(3)25-13-9-12-24(17-25)20-37/h7-9,11-14,17-19,22-23,42-43H,6,10,15-16H2,1-5H3,(H,38,46)(H,39,44)(H,40,45)(H,41,47). The molecule has 13 heteroatoms. The first-order chi connectivity index (χ1) is 23.6. The molecule has 6 N–H and O–H groups in total. The number of hydrogen-bond donors (Lipinski definition) is 6. The zero-order chi connectivity index (χ0) is 35.5. The van der Waals surface area contributed by atoms with Crippen molar-refractivity contribution in [1.82, 2.24) is 31.2 Å². The number of hydrogen-bond acceptors (Lipinski definition) is 7. The summed E-state index contributed by atoms with van der Waals surface area (Å²) in [6, 6.07) is 19.7. The molecule has 0 aliphatic rings. The van der Waals surface area contributed by atoms with Gasteiger partial charge in [0.25, 0.3) is 23.6 Å². The van der Waals surface area contributed by atoms with Crippen molar-refractivity contribution in [1.29, 1.82) is 5.26 Å². The van der Waals surface area contributed by atoms with Crippen LogP contribution in [0.3, 0.4) is 0 Å². The number of H-pyrrole nitrogens is 2. The van der Waals surface area contributed by atoms with Gasteiger partial charge in [0, 0.05) is 38.8 Å². The highest BCUT2D eigenvalue weighted by Gasteiger charge is 2.24. The lowest BCUT2D eigenvalue weighted by atomic mass is 10.0. The van der Waals surface area contributed by atoms with E-state index in [1.54, 1.807) is 32.0 Å². The number of rotatable bonds is 15. The number of aromatic amines is 2. The van der Waals surface area contributed by atoms with Crippen LogP contribution in [0.25, 0.3) is 0 Å². The van der Waals surface area contributed by atoms with Crippen LogP contribution in [-0.4, -0.2) is 60.3 Å². The Kier molecular flexibility index (Phi) is 12.2. The van der Waals surface area contributed by atoms with E-state index in [-0.39, 0.29) is 59.4 Å². The van der Waals surface area contributed by atoms with Crippen LogP contribution in [0.2, 0.25) is 0 Å². The molecule has 4 rings (SSSR count). The van der Waals surface area contributed by atoms with E-state index in [1.807, 2.05) is 44.2 Å². The number of carbonyl (C=O) groups excluding carboxylic acids is 4. The minimum atomic E-state index is -0.514. The van der Waals surface area contributed by atoms with Crippen molar-refractivity contribution >= 4 is 23.6 Å². The molecule has 49 heavy (non-hydrogen) atoms. The van der Waals surface area contributed by atoms with Crippen molar-refractivity contribution < 1.29 is 28.7 Å². The number of nitrogens with zero attached hydrogens (tertiary/aromatic N) is 1. The van der Waals surface area contributed by atoms with Crippen LogP contribution < -0.4 is 30.7 Å².